The maximum atomic E-state index is 9.98. The van der Waals surface area contributed by atoms with Gasteiger partial charge in [-0.05, 0) is 12.1 Å². The van der Waals surface area contributed by atoms with E-state index < -0.39 is 8.60 Å². The van der Waals surface area contributed by atoms with Crippen LogP contribution >= 0.6 is 8.60 Å². The van der Waals surface area contributed by atoms with E-state index in [2.05, 4.69) is 4.52 Å². The molecular formula is C6H9NO3P-. The van der Waals surface area contributed by atoms with Gasteiger partial charge >= 0.3 is 0 Å². The van der Waals surface area contributed by atoms with Crippen molar-refractivity contribution in [2.75, 3.05) is 0 Å². The molecule has 0 saturated carbocycles. The molecule has 1 aromatic rings. The molecule has 0 bridgehead atoms. The lowest BCUT2D eigenvalue weighted by Gasteiger charge is -2.29. The zero-order valence-corrected chi connectivity index (χ0v) is 6.95. The van der Waals surface area contributed by atoms with E-state index >= 15 is 0 Å². The minimum atomic E-state index is -2.78. The molecule has 0 spiro atoms. The highest BCUT2D eigenvalue weighted by atomic mass is 31.2. The molecule has 5 heteroatoms. The van der Waals surface area contributed by atoms with E-state index in [0.29, 0.717) is 5.75 Å². The average Bonchev–Trinajstić information content (AvgIpc) is 1.88. The SMILES string of the molecule is [NH4+].[O-]P([O-])Oc1ccccc1. The third-order valence-corrected chi connectivity index (χ3v) is 1.28. The van der Waals surface area contributed by atoms with E-state index in [-0.39, 0.29) is 6.15 Å². The molecule has 4 nitrogen and oxygen atoms in total. The molecule has 0 aliphatic heterocycles. The third-order valence-electron chi connectivity index (χ3n) is 0.923. The molecule has 0 fully saturated rings. The Hall–Kier alpha value is -0.670. The van der Waals surface area contributed by atoms with Crippen molar-refractivity contribution in [3.05, 3.63) is 30.3 Å². The molecule has 0 aromatic heterocycles. The zero-order valence-electron chi connectivity index (χ0n) is 6.06. The highest BCUT2D eigenvalue weighted by molar-refractivity contribution is 7.36. The van der Waals surface area contributed by atoms with E-state index in [9.17, 15) is 9.79 Å². The molecule has 0 atom stereocenters. The van der Waals surface area contributed by atoms with Crippen LogP contribution in [0.5, 0.6) is 5.75 Å². The Morgan fingerprint density at radius 1 is 1.09 bits per heavy atom. The minimum absolute atomic E-state index is 0. The second kappa shape index (κ2) is 5.04. The number of para-hydroxylation sites is 1. The maximum absolute atomic E-state index is 9.98. The normalized spacial score (nSPS) is 9.00. The van der Waals surface area contributed by atoms with Gasteiger partial charge in [0.25, 0.3) is 0 Å². The fourth-order valence-corrected chi connectivity index (χ4v) is 0.861. The van der Waals surface area contributed by atoms with Crippen LogP contribution in [0, 0.1) is 0 Å². The fourth-order valence-electron chi connectivity index (χ4n) is 0.567. The van der Waals surface area contributed by atoms with Crippen molar-refractivity contribution in [1.29, 1.82) is 0 Å². The molecule has 0 aliphatic rings. The van der Waals surface area contributed by atoms with E-state index in [4.69, 9.17) is 0 Å². The smallest absolute Gasteiger partial charge is 0.119 e. The van der Waals surface area contributed by atoms with Crippen molar-refractivity contribution >= 4 is 8.60 Å². The summed E-state index contributed by atoms with van der Waals surface area (Å²) in [5, 5.41) is 0. The van der Waals surface area contributed by atoms with Crippen LogP contribution in [0.25, 0.3) is 0 Å². The molecule has 0 amide bonds. The molecule has 4 N–H and O–H groups in total. The molecule has 0 saturated heterocycles. The monoisotopic (exact) mass is 174 g/mol. The summed E-state index contributed by atoms with van der Waals surface area (Å²) in [6.45, 7) is 0. The molecule has 62 valence electrons. The number of hydrogen-bond acceptors (Lipinski definition) is 3. The first-order valence-electron chi connectivity index (χ1n) is 2.66. The Bertz CT molecular complexity index is 192. The predicted octanol–water partition coefficient (Wildman–Crippen LogP) is 0.389. The zero-order chi connectivity index (χ0) is 7.40. The first-order chi connectivity index (χ1) is 4.79. The van der Waals surface area contributed by atoms with Gasteiger partial charge in [0.1, 0.15) is 5.75 Å². The summed E-state index contributed by atoms with van der Waals surface area (Å²) in [6, 6.07) is 8.34. The van der Waals surface area contributed by atoms with Crippen molar-refractivity contribution in [3.8, 4) is 5.75 Å². The van der Waals surface area contributed by atoms with Crippen molar-refractivity contribution < 1.29 is 14.3 Å². The summed E-state index contributed by atoms with van der Waals surface area (Å²) in [5.74, 6) is 0.346. The van der Waals surface area contributed by atoms with Crippen molar-refractivity contribution in [2.45, 2.75) is 0 Å². The van der Waals surface area contributed by atoms with Gasteiger partial charge in [-0.15, -0.1) is 0 Å². The van der Waals surface area contributed by atoms with E-state index in [1.807, 2.05) is 0 Å². The molecular weight excluding hydrogens is 165 g/mol. The van der Waals surface area contributed by atoms with Crippen LogP contribution in [0.2, 0.25) is 0 Å². The lowest BCUT2D eigenvalue weighted by Crippen LogP contribution is -2.12. The maximum Gasteiger partial charge on any atom is 0.119 e. The van der Waals surface area contributed by atoms with Gasteiger partial charge in [-0.3, -0.25) is 0 Å². The molecule has 1 aromatic carbocycles. The van der Waals surface area contributed by atoms with Crippen LogP contribution < -0.4 is 20.5 Å². The van der Waals surface area contributed by atoms with Gasteiger partial charge in [0.15, 0.2) is 0 Å². The van der Waals surface area contributed by atoms with Crippen LogP contribution in [0.4, 0.5) is 0 Å². The Kier molecular flexibility index (Phi) is 4.74. The Morgan fingerprint density at radius 2 is 1.64 bits per heavy atom. The Balaban J connectivity index is 0.000001000. The van der Waals surface area contributed by atoms with Crippen molar-refractivity contribution in [3.63, 3.8) is 0 Å². The largest absolute Gasteiger partial charge is 0.810 e. The van der Waals surface area contributed by atoms with Crippen molar-refractivity contribution in [2.24, 2.45) is 0 Å². The molecule has 0 unspecified atom stereocenters. The first-order valence-corrected chi connectivity index (χ1v) is 3.76. The summed E-state index contributed by atoms with van der Waals surface area (Å²) in [6.07, 6.45) is 0. The first kappa shape index (κ1) is 10.3. The number of hydrogen-bond donors (Lipinski definition) is 1. The second-order valence-corrected chi connectivity index (χ2v) is 2.26. The fraction of sp³-hybridized carbons (Fsp3) is 0. The minimum Gasteiger partial charge on any atom is -0.810 e. The van der Waals surface area contributed by atoms with Gasteiger partial charge in [0.2, 0.25) is 0 Å². The average molecular weight is 174 g/mol. The van der Waals surface area contributed by atoms with Gasteiger partial charge in [-0.25, -0.2) is 0 Å². The summed E-state index contributed by atoms with van der Waals surface area (Å²) < 4.78 is 4.37. The summed E-state index contributed by atoms with van der Waals surface area (Å²) in [4.78, 5) is 20.0. The van der Waals surface area contributed by atoms with Gasteiger partial charge in [0.05, 0.1) is 0 Å². The van der Waals surface area contributed by atoms with Crippen LogP contribution in [-0.4, -0.2) is 0 Å². The quantitative estimate of drug-likeness (QED) is 0.657. The van der Waals surface area contributed by atoms with Gasteiger partial charge in [-0.2, -0.15) is 0 Å². The number of quaternary nitrogens is 1. The standard InChI is InChI=1S/C6H5O3P.H3N/c7-10(8)9-6-4-2-1-3-5-6;/h1-5H;1H3/q-2;/p+1. The molecule has 0 aliphatic carbocycles. The van der Waals surface area contributed by atoms with Crippen LogP contribution in [0.3, 0.4) is 0 Å². The predicted molar refractivity (Wildman–Crippen MR) is 40.0 cm³/mol. The highest BCUT2D eigenvalue weighted by Crippen LogP contribution is 2.20. The van der Waals surface area contributed by atoms with Gasteiger partial charge < -0.3 is 20.5 Å². The topological polar surface area (TPSA) is 91.9 Å². The highest BCUT2D eigenvalue weighted by Gasteiger charge is 1.84. The Labute approximate surface area is 66.0 Å². The Morgan fingerprint density at radius 3 is 2.09 bits per heavy atom. The van der Waals surface area contributed by atoms with E-state index in [0.717, 1.165) is 0 Å². The third kappa shape index (κ3) is 3.91. The van der Waals surface area contributed by atoms with Gasteiger partial charge in [-0.1, -0.05) is 26.8 Å². The summed E-state index contributed by atoms with van der Waals surface area (Å²) in [7, 11) is -2.78. The molecule has 1 rings (SSSR count). The van der Waals surface area contributed by atoms with Crippen LogP contribution in [0.1, 0.15) is 0 Å². The van der Waals surface area contributed by atoms with E-state index in [1.165, 1.54) is 0 Å². The van der Waals surface area contributed by atoms with Gasteiger partial charge in [0, 0.05) is 0 Å². The molecule has 11 heavy (non-hydrogen) atoms. The summed E-state index contributed by atoms with van der Waals surface area (Å²) >= 11 is 0. The van der Waals surface area contributed by atoms with Crippen molar-refractivity contribution in [1.82, 2.24) is 6.15 Å². The molecule has 0 heterocycles. The number of rotatable bonds is 2. The summed E-state index contributed by atoms with van der Waals surface area (Å²) in [5.41, 5.74) is 0. The van der Waals surface area contributed by atoms with Crippen LogP contribution in [0.15, 0.2) is 30.3 Å². The number of benzene rings is 1. The lowest BCUT2D eigenvalue weighted by atomic mass is 10.3. The lowest BCUT2D eigenvalue weighted by molar-refractivity contribution is -0.310. The van der Waals surface area contributed by atoms with Crippen LogP contribution in [-0.2, 0) is 0 Å². The van der Waals surface area contributed by atoms with E-state index in [1.54, 1.807) is 30.3 Å². The molecule has 0 radical (unpaired) electrons. The second-order valence-electron chi connectivity index (χ2n) is 1.63.